The number of nitrogens with one attached hydrogen (secondary N) is 1. The number of rotatable bonds is 2. The second-order valence-corrected chi connectivity index (χ2v) is 5.25. The lowest BCUT2D eigenvalue weighted by atomic mass is 10.1. The maximum absolute atomic E-state index is 11.7. The van der Waals surface area contributed by atoms with Gasteiger partial charge in [-0.15, -0.1) is 0 Å². The number of likely N-dealkylation sites (N-methyl/N-ethyl adjacent to an activating group) is 1. The Bertz CT molecular complexity index is 528. The lowest BCUT2D eigenvalue weighted by Crippen LogP contribution is -2.43. The summed E-state index contributed by atoms with van der Waals surface area (Å²) >= 11 is 3.27. The molecular weight excluding hydrogens is 300 g/mol. The molecule has 1 aromatic heterocycles. The van der Waals surface area contributed by atoms with Gasteiger partial charge in [0, 0.05) is 33.1 Å². The maximum Gasteiger partial charge on any atom is 0.282 e. The minimum absolute atomic E-state index is 0.151. The number of aromatic nitrogens is 2. The Kier molecular flexibility index (Phi) is 3.70. The molecule has 2 heterocycles. The van der Waals surface area contributed by atoms with Crippen molar-refractivity contribution in [3.63, 3.8) is 0 Å². The van der Waals surface area contributed by atoms with Crippen LogP contribution in [0.15, 0.2) is 15.5 Å². The van der Waals surface area contributed by atoms with Gasteiger partial charge in [0.05, 0.1) is 11.9 Å². The SMILES string of the molecule is CN1CC(Nc2cnn(C)c(=O)c2Br)CCC1=O. The van der Waals surface area contributed by atoms with Crippen molar-refractivity contribution >= 4 is 27.5 Å². The molecular formula is C11H15BrN4O2. The highest BCUT2D eigenvalue weighted by Crippen LogP contribution is 2.20. The highest BCUT2D eigenvalue weighted by atomic mass is 79.9. The molecule has 1 unspecified atom stereocenters. The van der Waals surface area contributed by atoms with E-state index in [1.807, 2.05) is 0 Å². The number of anilines is 1. The first kappa shape index (κ1) is 13.1. The fourth-order valence-electron chi connectivity index (χ4n) is 1.96. The lowest BCUT2D eigenvalue weighted by Gasteiger charge is -2.30. The summed E-state index contributed by atoms with van der Waals surface area (Å²) in [5, 5.41) is 7.22. The Labute approximate surface area is 113 Å². The third-order valence-corrected chi connectivity index (χ3v) is 3.83. The van der Waals surface area contributed by atoms with Crippen LogP contribution in [0.5, 0.6) is 0 Å². The molecule has 0 saturated carbocycles. The van der Waals surface area contributed by atoms with Crippen molar-refractivity contribution in [2.24, 2.45) is 7.05 Å². The molecule has 1 fully saturated rings. The van der Waals surface area contributed by atoms with Gasteiger partial charge in [0.1, 0.15) is 4.47 Å². The Morgan fingerprint density at radius 1 is 1.44 bits per heavy atom. The highest BCUT2D eigenvalue weighted by Gasteiger charge is 2.23. The van der Waals surface area contributed by atoms with Crippen molar-refractivity contribution in [2.45, 2.75) is 18.9 Å². The van der Waals surface area contributed by atoms with Crippen molar-refractivity contribution in [1.29, 1.82) is 0 Å². The summed E-state index contributed by atoms with van der Waals surface area (Å²) in [7, 11) is 3.39. The Balaban J connectivity index is 2.13. The molecule has 1 amide bonds. The standard InChI is InChI=1S/C11H15BrN4O2/c1-15-6-7(3-4-9(15)17)14-8-5-13-16(2)11(18)10(8)12/h5,7,14H,3-4,6H2,1-2H3. The quantitative estimate of drug-likeness (QED) is 0.867. The van der Waals surface area contributed by atoms with E-state index in [0.29, 0.717) is 23.1 Å². The molecule has 7 heteroatoms. The van der Waals surface area contributed by atoms with E-state index in [1.54, 1.807) is 25.2 Å². The molecule has 0 radical (unpaired) electrons. The normalized spacial score (nSPS) is 20.1. The average Bonchev–Trinajstić information content (AvgIpc) is 2.34. The minimum atomic E-state index is -0.180. The molecule has 98 valence electrons. The van der Waals surface area contributed by atoms with Crippen LogP contribution in [0.1, 0.15) is 12.8 Å². The van der Waals surface area contributed by atoms with Crippen LogP contribution in [0.2, 0.25) is 0 Å². The average molecular weight is 315 g/mol. The zero-order valence-corrected chi connectivity index (χ0v) is 11.9. The molecule has 1 aliphatic rings. The number of amides is 1. The fraction of sp³-hybridized carbons (Fsp3) is 0.545. The summed E-state index contributed by atoms with van der Waals surface area (Å²) in [6.45, 7) is 0.639. The van der Waals surface area contributed by atoms with Crippen LogP contribution < -0.4 is 10.9 Å². The predicted octanol–water partition coefficient (Wildman–Crippen LogP) is 0.575. The number of halogens is 1. The molecule has 1 N–H and O–H groups in total. The van der Waals surface area contributed by atoms with E-state index >= 15 is 0 Å². The van der Waals surface area contributed by atoms with E-state index in [0.717, 1.165) is 6.42 Å². The Morgan fingerprint density at radius 2 is 2.17 bits per heavy atom. The van der Waals surface area contributed by atoms with Gasteiger partial charge in [0.25, 0.3) is 5.56 Å². The summed E-state index contributed by atoms with van der Waals surface area (Å²) in [4.78, 5) is 24.8. The predicted molar refractivity (Wildman–Crippen MR) is 71.5 cm³/mol. The number of carbonyl (C=O) groups is 1. The second-order valence-electron chi connectivity index (χ2n) is 4.46. The third kappa shape index (κ3) is 2.55. The molecule has 1 aromatic rings. The number of hydrogen-bond acceptors (Lipinski definition) is 4. The Hall–Kier alpha value is -1.37. The fourth-order valence-corrected chi connectivity index (χ4v) is 2.43. The van der Waals surface area contributed by atoms with Crippen LogP contribution in [-0.4, -0.2) is 40.2 Å². The molecule has 6 nitrogen and oxygen atoms in total. The first-order chi connectivity index (χ1) is 8.49. The topological polar surface area (TPSA) is 67.2 Å². The van der Waals surface area contributed by atoms with Crippen LogP contribution >= 0.6 is 15.9 Å². The van der Waals surface area contributed by atoms with E-state index in [2.05, 4.69) is 26.3 Å². The zero-order valence-electron chi connectivity index (χ0n) is 10.3. The molecule has 2 rings (SSSR count). The molecule has 1 saturated heterocycles. The molecule has 18 heavy (non-hydrogen) atoms. The summed E-state index contributed by atoms with van der Waals surface area (Å²) < 4.78 is 1.74. The molecule has 0 bridgehead atoms. The number of piperidine rings is 1. The van der Waals surface area contributed by atoms with E-state index < -0.39 is 0 Å². The highest BCUT2D eigenvalue weighted by molar-refractivity contribution is 9.10. The number of aryl methyl sites for hydroxylation is 1. The summed E-state index contributed by atoms with van der Waals surface area (Å²) in [6, 6.07) is 0.151. The smallest absolute Gasteiger partial charge is 0.282 e. The molecule has 0 aromatic carbocycles. The maximum atomic E-state index is 11.7. The monoisotopic (exact) mass is 314 g/mol. The largest absolute Gasteiger partial charge is 0.378 e. The third-order valence-electron chi connectivity index (χ3n) is 3.06. The number of nitrogens with zero attached hydrogens (tertiary/aromatic N) is 3. The second kappa shape index (κ2) is 5.09. The Morgan fingerprint density at radius 3 is 2.83 bits per heavy atom. The first-order valence-electron chi connectivity index (χ1n) is 5.71. The van der Waals surface area contributed by atoms with Gasteiger partial charge in [-0.25, -0.2) is 4.68 Å². The first-order valence-corrected chi connectivity index (χ1v) is 6.50. The van der Waals surface area contributed by atoms with Crippen LogP contribution in [0, 0.1) is 0 Å². The van der Waals surface area contributed by atoms with E-state index in [-0.39, 0.29) is 17.5 Å². The number of carbonyl (C=O) groups excluding carboxylic acids is 1. The lowest BCUT2D eigenvalue weighted by molar-refractivity contribution is -0.132. The van der Waals surface area contributed by atoms with Crippen LogP contribution in [0.4, 0.5) is 5.69 Å². The van der Waals surface area contributed by atoms with E-state index in [4.69, 9.17) is 0 Å². The van der Waals surface area contributed by atoms with Gasteiger partial charge in [0.15, 0.2) is 0 Å². The van der Waals surface area contributed by atoms with E-state index in [9.17, 15) is 9.59 Å². The van der Waals surface area contributed by atoms with Crippen molar-refractivity contribution in [2.75, 3.05) is 18.9 Å². The van der Waals surface area contributed by atoms with Gasteiger partial charge in [-0.05, 0) is 22.4 Å². The molecule has 1 aliphatic heterocycles. The zero-order chi connectivity index (χ0) is 13.3. The van der Waals surface area contributed by atoms with Crippen molar-refractivity contribution in [3.05, 3.63) is 21.0 Å². The van der Waals surface area contributed by atoms with Gasteiger partial charge in [-0.3, -0.25) is 9.59 Å². The number of hydrogen-bond donors (Lipinski definition) is 1. The summed E-state index contributed by atoms with van der Waals surface area (Å²) in [5.41, 5.74) is 0.492. The summed E-state index contributed by atoms with van der Waals surface area (Å²) in [6.07, 6.45) is 2.91. The minimum Gasteiger partial charge on any atom is -0.378 e. The van der Waals surface area contributed by atoms with Crippen LogP contribution in [0.3, 0.4) is 0 Å². The van der Waals surface area contributed by atoms with Crippen molar-refractivity contribution in [3.8, 4) is 0 Å². The number of likely N-dealkylation sites (tertiary alicyclic amines) is 1. The van der Waals surface area contributed by atoms with Crippen LogP contribution in [-0.2, 0) is 11.8 Å². The van der Waals surface area contributed by atoms with Gasteiger partial charge >= 0.3 is 0 Å². The van der Waals surface area contributed by atoms with Gasteiger partial charge < -0.3 is 10.2 Å². The molecule has 0 aliphatic carbocycles. The van der Waals surface area contributed by atoms with Gasteiger partial charge in [-0.2, -0.15) is 5.10 Å². The van der Waals surface area contributed by atoms with E-state index in [1.165, 1.54) is 4.68 Å². The van der Waals surface area contributed by atoms with Gasteiger partial charge in [0.2, 0.25) is 5.91 Å². The van der Waals surface area contributed by atoms with Crippen molar-refractivity contribution in [1.82, 2.24) is 14.7 Å². The molecule has 0 spiro atoms. The van der Waals surface area contributed by atoms with Gasteiger partial charge in [-0.1, -0.05) is 0 Å². The molecule has 1 atom stereocenters. The van der Waals surface area contributed by atoms with Crippen molar-refractivity contribution < 1.29 is 4.79 Å². The summed E-state index contributed by atoms with van der Waals surface area (Å²) in [5.74, 6) is 0.161. The van der Waals surface area contributed by atoms with Crippen LogP contribution in [0.25, 0.3) is 0 Å².